The lowest BCUT2D eigenvalue weighted by molar-refractivity contribution is 0.809. The van der Waals surface area contributed by atoms with Crippen molar-refractivity contribution in [2.24, 2.45) is 0 Å². The van der Waals surface area contributed by atoms with Gasteiger partial charge in [0.05, 0.1) is 11.6 Å². The lowest BCUT2D eigenvalue weighted by Crippen LogP contribution is -2.23. The molecule has 0 bridgehead atoms. The smallest absolute Gasteiger partial charge is 0.229 e. The van der Waals surface area contributed by atoms with Gasteiger partial charge in [0.15, 0.2) is 0 Å². The summed E-state index contributed by atoms with van der Waals surface area (Å²) in [5.74, 6) is 1.41. The van der Waals surface area contributed by atoms with Gasteiger partial charge in [-0.05, 0) is 37.6 Å². The Hall–Kier alpha value is -3.39. The molecule has 0 saturated carbocycles. The van der Waals surface area contributed by atoms with Crippen molar-refractivity contribution in [1.29, 1.82) is 5.26 Å². The van der Waals surface area contributed by atoms with Gasteiger partial charge in [0.25, 0.3) is 0 Å². The average molecular weight is 343 g/mol. The second kappa shape index (κ2) is 8.13. The molecule has 1 aromatic heterocycles. The minimum atomic E-state index is 0.529. The Labute approximate surface area is 154 Å². The normalized spacial score (nSPS) is 10.2. The largest absolute Gasteiger partial charge is 0.352 e. The van der Waals surface area contributed by atoms with E-state index in [0.29, 0.717) is 11.5 Å². The van der Waals surface area contributed by atoms with Crippen LogP contribution >= 0.6 is 0 Å². The highest BCUT2D eigenvalue weighted by atomic mass is 15.2. The Morgan fingerprint density at radius 1 is 1.04 bits per heavy atom. The summed E-state index contributed by atoms with van der Waals surface area (Å²) in [5, 5.41) is 12.2. The van der Waals surface area contributed by atoms with Crippen molar-refractivity contribution in [1.82, 2.24) is 9.97 Å². The van der Waals surface area contributed by atoms with Crippen molar-refractivity contribution in [3.63, 3.8) is 0 Å². The first-order valence-electron chi connectivity index (χ1n) is 8.59. The summed E-state index contributed by atoms with van der Waals surface area (Å²) in [6.45, 7) is 5.70. The monoisotopic (exact) mass is 343 g/mol. The molecular formula is C21H21N5. The molecule has 0 amide bonds. The van der Waals surface area contributed by atoms with Crippen molar-refractivity contribution < 1.29 is 0 Å². The number of hydrogen-bond acceptors (Lipinski definition) is 5. The first kappa shape index (κ1) is 17.4. The highest BCUT2D eigenvalue weighted by molar-refractivity contribution is 5.58. The number of rotatable bonds is 6. The minimum absolute atomic E-state index is 0.529. The summed E-state index contributed by atoms with van der Waals surface area (Å²) in [5.41, 5.74) is 3.52. The Morgan fingerprint density at radius 2 is 1.85 bits per heavy atom. The first-order chi connectivity index (χ1) is 12.7. The summed E-state index contributed by atoms with van der Waals surface area (Å²) in [6, 6.07) is 21.8. The van der Waals surface area contributed by atoms with Crippen molar-refractivity contribution >= 4 is 17.5 Å². The molecule has 2 aromatic carbocycles. The molecule has 0 saturated heterocycles. The number of benzene rings is 2. The Balaban J connectivity index is 1.85. The van der Waals surface area contributed by atoms with E-state index in [9.17, 15) is 0 Å². The second-order valence-electron chi connectivity index (χ2n) is 6.01. The number of hydrogen-bond donors (Lipinski definition) is 1. The third-order valence-corrected chi connectivity index (χ3v) is 4.01. The van der Waals surface area contributed by atoms with E-state index in [1.165, 1.54) is 5.56 Å². The molecule has 3 rings (SSSR count). The predicted molar refractivity (Wildman–Crippen MR) is 104 cm³/mol. The van der Waals surface area contributed by atoms with E-state index < -0.39 is 0 Å². The highest BCUT2D eigenvalue weighted by Crippen LogP contribution is 2.20. The molecule has 0 radical (unpaired) electrons. The number of aromatic nitrogens is 2. The maximum atomic E-state index is 9.05. The molecule has 1 N–H and O–H groups in total. The topological polar surface area (TPSA) is 64.8 Å². The zero-order chi connectivity index (χ0) is 18.4. The fraction of sp³-hybridized carbons (Fsp3) is 0.190. The Bertz CT molecular complexity index is 915. The third-order valence-electron chi connectivity index (χ3n) is 4.01. The molecule has 0 spiro atoms. The van der Waals surface area contributed by atoms with Crippen molar-refractivity contribution in [2.75, 3.05) is 16.8 Å². The number of nitriles is 1. The molecule has 3 aromatic rings. The fourth-order valence-corrected chi connectivity index (χ4v) is 2.72. The zero-order valence-electron chi connectivity index (χ0n) is 15.0. The third kappa shape index (κ3) is 4.37. The molecule has 130 valence electrons. The van der Waals surface area contributed by atoms with Gasteiger partial charge in [0.1, 0.15) is 5.82 Å². The zero-order valence-corrected chi connectivity index (χ0v) is 15.0. The van der Waals surface area contributed by atoms with Crippen LogP contribution in [0.25, 0.3) is 0 Å². The van der Waals surface area contributed by atoms with Crippen molar-refractivity contribution in [2.45, 2.75) is 20.4 Å². The van der Waals surface area contributed by atoms with Gasteiger partial charge in [0.2, 0.25) is 5.95 Å². The Kier molecular flexibility index (Phi) is 5.45. The molecule has 5 nitrogen and oxygen atoms in total. The molecule has 0 aliphatic heterocycles. The maximum absolute atomic E-state index is 9.05. The number of anilines is 3. The molecule has 0 fully saturated rings. The second-order valence-corrected chi connectivity index (χ2v) is 6.01. The molecule has 5 heteroatoms. The van der Waals surface area contributed by atoms with E-state index in [4.69, 9.17) is 5.26 Å². The Morgan fingerprint density at radius 3 is 2.58 bits per heavy atom. The maximum Gasteiger partial charge on any atom is 0.229 e. The van der Waals surface area contributed by atoms with Gasteiger partial charge in [-0.25, -0.2) is 4.98 Å². The fourth-order valence-electron chi connectivity index (χ4n) is 2.72. The van der Waals surface area contributed by atoms with Gasteiger partial charge in [-0.2, -0.15) is 10.2 Å². The van der Waals surface area contributed by atoms with Crippen LogP contribution in [0.2, 0.25) is 0 Å². The van der Waals surface area contributed by atoms with Crippen LogP contribution in [0.1, 0.15) is 23.7 Å². The van der Waals surface area contributed by atoms with E-state index in [2.05, 4.69) is 45.3 Å². The standard InChI is InChI=1S/C21H21N5/c1-3-26(15-17-8-5-4-6-9-17)20-12-16(2)23-21(25-20)24-19-11-7-10-18(13-19)14-22/h4-13H,3,15H2,1-2H3,(H,23,24,25). The number of nitrogens with zero attached hydrogens (tertiary/aromatic N) is 4. The van der Waals surface area contributed by atoms with E-state index in [-0.39, 0.29) is 0 Å². The summed E-state index contributed by atoms with van der Waals surface area (Å²) in [6.07, 6.45) is 0. The minimum Gasteiger partial charge on any atom is -0.352 e. The number of nitrogens with one attached hydrogen (secondary N) is 1. The van der Waals surface area contributed by atoms with Gasteiger partial charge in [-0.3, -0.25) is 0 Å². The van der Waals surface area contributed by atoms with Crippen LogP contribution in [0.15, 0.2) is 60.7 Å². The molecule has 0 aliphatic rings. The summed E-state index contributed by atoms with van der Waals surface area (Å²) in [4.78, 5) is 11.4. The molecule has 0 unspecified atom stereocenters. The van der Waals surface area contributed by atoms with Crippen LogP contribution in [-0.4, -0.2) is 16.5 Å². The first-order valence-corrected chi connectivity index (χ1v) is 8.59. The molecule has 26 heavy (non-hydrogen) atoms. The van der Waals surface area contributed by atoms with Gasteiger partial charge >= 0.3 is 0 Å². The quantitative estimate of drug-likeness (QED) is 0.717. The van der Waals surface area contributed by atoms with Crippen LogP contribution in [0.3, 0.4) is 0 Å². The molecular weight excluding hydrogens is 322 g/mol. The highest BCUT2D eigenvalue weighted by Gasteiger charge is 2.10. The van der Waals surface area contributed by atoms with Crippen LogP contribution in [0, 0.1) is 18.3 Å². The molecule has 0 atom stereocenters. The van der Waals surface area contributed by atoms with E-state index in [1.54, 1.807) is 12.1 Å². The van der Waals surface area contributed by atoms with Gasteiger partial charge < -0.3 is 10.2 Å². The SMILES string of the molecule is CCN(Cc1ccccc1)c1cc(C)nc(Nc2cccc(C#N)c2)n1. The van der Waals surface area contributed by atoms with Crippen LogP contribution in [0.4, 0.5) is 17.5 Å². The molecule has 1 heterocycles. The lowest BCUT2D eigenvalue weighted by Gasteiger charge is -2.23. The van der Waals surface area contributed by atoms with Gasteiger partial charge in [-0.15, -0.1) is 0 Å². The van der Waals surface area contributed by atoms with E-state index >= 15 is 0 Å². The lowest BCUT2D eigenvalue weighted by atomic mass is 10.2. The van der Waals surface area contributed by atoms with Crippen LogP contribution in [0.5, 0.6) is 0 Å². The summed E-state index contributed by atoms with van der Waals surface area (Å²) < 4.78 is 0. The van der Waals surface area contributed by atoms with E-state index in [0.717, 1.165) is 30.3 Å². The van der Waals surface area contributed by atoms with E-state index in [1.807, 2.05) is 43.3 Å². The summed E-state index contributed by atoms with van der Waals surface area (Å²) >= 11 is 0. The van der Waals surface area contributed by atoms with Crippen molar-refractivity contribution in [3.05, 3.63) is 77.5 Å². The van der Waals surface area contributed by atoms with Crippen LogP contribution in [-0.2, 0) is 6.54 Å². The summed E-state index contributed by atoms with van der Waals surface area (Å²) in [7, 11) is 0. The average Bonchev–Trinajstić information content (AvgIpc) is 2.66. The van der Waals surface area contributed by atoms with Crippen molar-refractivity contribution in [3.8, 4) is 6.07 Å². The molecule has 0 aliphatic carbocycles. The van der Waals surface area contributed by atoms with Gasteiger partial charge in [-0.1, -0.05) is 36.4 Å². The predicted octanol–water partition coefficient (Wildman–Crippen LogP) is 4.43. The van der Waals surface area contributed by atoms with Gasteiger partial charge in [0, 0.05) is 30.5 Å². The van der Waals surface area contributed by atoms with Crippen LogP contribution < -0.4 is 10.2 Å². The number of aryl methyl sites for hydroxylation is 1.